The van der Waals surface area contributed by atoms with Crippen molar-refractivity contribution in [3.05, 3.63) is 64.0 Å². The summed E-state index contributed by atoms with van der Waals surface area (Å²) in [5, 5.41) is 15.7. The van der Waals surface area contributed by atoms with Gasteiger partial charge in [0, 0.05) is 36.3 Å². The third kappa shape index (κ3) is 5.08. The van der Waals surface area contributed by atoms with Crippen LogP contribution in [0.25, 0.3) is 22.2 Å². The number of nitrogens with one attached hydrogen (secondary N) is 3. The van der Waals surface area contributed by atoms with Gasteiger partial charge in [0.2, 0.25) is 5.95 Å². The minimum Gasteiger partial charge on any atom is -0.392 e. The van der Waals surface area contributed by atoms with E-state index in [0.717, 1.165) is 12.1 Å². The Morgan fingerprint density at radius 2 is 1.80 bits per heavy atom. The van der Waals surface area contributed by atoms with Crippen LogP contribution in [0.2, 0.25) is 10.0 Å². The fraction of sp³-hybridized carbons (Fsp3) is 0.136. The number of halogens is 3. The maximum Gasteiger partial charge on any atom is 0.263 e. The van der Waals surface area contributed by atoms with Crippen LogP contribution in [0, 0.1) is 5.82 Å². The number of hydrogen-bond acceptors (Lipinski definition) is 8. The van der Waals surface area contributed by atoms with Crippen molar-refractivity contribution in [3.8, 4) is 11.1 Å². The first-order chi connectivity index (χ1) is 16.6. The Kier molecular flexibility index (Phi) is 6.95. The van der Waals surface area contributed by atoms with Gasteiger partial charge in [0.1, 0.15) is 16.5 Å². The SMILES string of the molecule is CNc1ncc2cc(-c3cc(F)cc(NS(=O)(=O)c4cc(Cl)cc(CO)c4Cl)c3)c(NC)nc2n1. The van der Waals surface area contributed by atoms with Crippen LogP contribution in [0.15, 0.2) is 47.5 Å². The fourth-order valence-corrected chi connectivity index (χ4v) is 5.40. The quantitative estimate of drug-likeness (QED) is 0.271. The molecule has 0 bridgehead atoms. The lowest BCUT2D eigenvalue weighted by atomic mass is 10.0. The van der Waals surface area contributed by atoms with Crippen LogP contribution in [0.1, 0.15) is 5.56 Å². The van der Waals surface area contributed by atoms with Crippen molar-refractivity contribution in [3.63, 3.8) is 0 Å². The van der Waals surface area contributed by atoms with Crippen molar-refractivity contribution < 1.29 is 17.9 Å². The summed E-state index contributed by atoms with van der Waals surface area (Å²) in [6.07, 6.45) is 1.58. The second kappa shape index (κ2) is 9.78. The lowest BCUT2D eigenvalue weighted by Crippen LogP contribution is -2.14. The van der Waals surface area contributed by atoms with E-state index in [2.05, 4.69) is 30.3 Å². The van der Waals surface area contributed by atoms with E-state index in [1.165, 1.54) is 18.2 Å². The van der Waals surface area contributed by atoms with Crippen LogP contribution in [0.5, 0.6) is 0 Å². The first-order valence-electron chi connectivity index (χ1n) is 10.1. The van der Waals surface area contributed by atoms with Crippen LogP contribution in [-0.2, 0) is 16.6 Å². The number of hydrogen-bond donors (Lipinski definition) is 4. The van der Waals surface area contributed by atoms with Gasteiger partial charge in [-0.15, -0.1) is 0 Å². The molecule has 0 radical (unpaired) electrons. The van der Waals surface area contributed by atoms with Gasteiger partial charge in [-0.25, -0.2) is 22.8 Å². The van der Waals surface area contributed by atoms with Gasteiger partial charge in [-0.2, -0.15) is 4.98 Å². The second-order valence-corrected chi connectivity index (χ2v) is 9.83. The first kappa shape index (κ1) is 24.9. The van der Waals surface area contributed by atoms with Crippen LogP contribution in [-0.4, -0.2) is 42.6 Å². The van der Waals surface area contributed by atoms with Gasteiger partial charge >= 0.3 is 0 Å². The summed E-state index contributed by atoms with van der Waals surface area (Å²) in [7, 11) is -0.936. The van der Waals surface area contributed by atoms with Crippen molar-refractivity contribution in [1.29, 1.82) is 0 Å². The maximum atomic E-state index is 14.6. The van der Waals surface area contributed by atoms with Crippen molar-refractivity contribution >= 4 is 61.7 Å². The molecule has 0 aliphatic rings. The molecule has 0 spiro atoms. The summed E-state index contributed by atoms with van der Waals surface area (Å²) in [5.74, 6) is 0.117. The van der Waals surface area contributed by atoms with Gasteiger partial charge in [-0.3, -0.25) is 4.72 Å². The van der Waals surface area contributed by atoms with E-state index in [1.54, 1.807) is 26.4 Å². The lowest BCUT2D eigenvalue weighted by Gasteiger charge is -2.14. The molecular weight excluding hydrogens is 518 g/mol. The monoisotopic (exact) mass is 536 g/mol. The number of sulfonamides is 1. The molecular formula is C22H19Cl2FN6O3S. The molecule has 4 N–H and O–H groups in total. The fourth-order valence-electron chi connectivity index (χ4n) is 3.44. The molecule has 0 aliphatic carbocycles. The molecule has 0 aliphatic heterocycles. The average Bonchev–Trinajstić information content (AvgIpc) is 2.83. The summed E-state index contributed by atoms with van der Waals surface area (Å²) in [6, 6.07) is 7.97. The highest BCUT2D eigenvalue weighted by Crippen LogP contribution is 2.34. The van der Waals surface area contributed by atoms with Gasteiger partial charge in [-0.05, 0) is 47.5 Å². The van der Waals surface area contributed by atoms with E-state index in [1.807, 2.05) is 0 Å². The number of anilines is 3. The molecule has 0 saturated carbocycles. The number of aromatic nitrogens is 3. The molecule has 182 valence electrons. The predicted molar refractivity (Wildman–Crippen MR) is 135 cm³/mol. The Hall–Kier alpha value is -3.25. The van der Waals surface area contributed by atoms with Crippen LogP contribution in [0.3, 0.4) is 0 Å². The van der Waals surface area contributed by atoms with Crippen LogP contribution >= 0.6 is 23.2 Å². The largest absolute Gasteiger partial charge is 0.392 e. The van der Waals surface area contributed by atoms with E-state index in [0.29, 0.717) is 33.9 Å². The number of benzene rings is 2. The summed E-state index contributed by atoms with van der Waals surface area (Å²) in [5.41, 5.74) is 1.37. The van der Waals surface area contributed by atoms with E-state index in [9.17, 15) is 17.9 Å². The third-order valence-electron chi connectivity index (χ3n) is 5.03. The predicted octanol–water partition coefficient (Wildman–Crippen LogP) is 4.51. The standard InChI is InChI=1S/C22H19Cl2FN6O3S/c1-26-21-17(6-12-9-28-22(27-2)30-20(12)29-21)11-4-15(25)8-16(5-11)31-35(33,34)18-7-14(23)3-13(10-32)19(18)24/h3-9,31-32H,10H2,1-2H3,(H2,26,27,28,29,30). The molecule has 2 heterocycles. The zero-order valence-corrected chi connectivity index (χ0v) is 20.7. The Morgan fingerprint density at radius 1 is 1.03 bits per heavy atom. The lowest BCUT2D eigenvalue weighted by molar-refractivity contribution is 0.281. The number of aliphatic hydroxyl groups excluding tert-OH is 1. The van der Waals surface area contributed by atoms with E-state index >= 15 is 0 Å². The molecule has 0 atom stereocenters. The van der Waals surface area contributed by atoms with Crippen molar-refractivity contribution in [2.45, 2.75) is 11.5 Å². The molecule has 4 rings (SSSR count). The highest BCUT2D eigenvalue weighted by Gasteiger charge is 2.22. The summed E-state index contributed by atoms with van der Waals surface area (Å²) in [6.45, 7) is -0.507. The van der Waals surface area contributed by atoms with Crippen molar-refractivity contribution in [1.82, 2.24) is 15.0 Å². The smallest absolute Gasteiger partial charge is 0.263 e. The maximum absolute atomic E-state index is 14.6. The zero-order chi connectivity index (χ0) is 25.3. The number of nitrogens with zero attached hydrogens (tertiary/aromatic N) is 3. The molecule has 0 unspecified atom stereocenters. The number of rotatable bonds is 7. The Morgan fingerprint density at radius 3 is 2.49 bits per heavy atom. The minimum atomic E-state index is -4.28. The molecule has 0 saturated heterocycles. The van der Waals surface area contributed by atoms with Crippen molar-refractivity contribution in [2.75, 3.05) is 29.5 Å². The topological polar surface area (TPSA) is 129 Å². The van der Waals surface area contributed by atoms with Crippen molar-refractivity contribution in [2.24, 2.45) is 0 Å². The number of pyridine rings is 1. The second-order valence-electron chi connectivity index (χ2n) is 7.36. The van der Waals surface area contributed by atoms with E-state index < -0.39 is 22.4 Å². The molecule has 0 amide bonds. The molecule has 2 aromatic heterocycles. The summed E-state index contributed by atoms with van der Waals surface area (Å²) >= 11 is 12.2. The Bertz CT molecular complexity index is 1550. The summed E-state index contributed by atoms with van der Waals surface area (Å²) < 4.78 is 43.1. The Labute approximate surface area is 210 Å². The molecule has 0 fully saturated rings. The Balaban J connectivity index is 1.79. The van der Waals surface area contributed by atoms with Gasteiger partial charge < -0.3 is 15.7 Å². The first-order valence-corrected chi connectivity index (χ1v) is 12.3. The van der Waals surface area contributed by atoms with Crippen LogP contribution < -0.4 is 15.4 Å². The van der Waals surface area contributed by atoms with Gasteiger partial charge in [0.25, 0.3) is 10.0 Å². The molecule has 4 aromatic rings. The highest BCUT2D eigenvalue weighted by molar-refractivity contribution is 7.92. The van der Waals surface area contributed by atoms with Gasteiger partial charge in [0.15, 0.2) is 5.65 Å². The molecule has 13 heteroatoms. The number of fused-ring (bicyclic) bond motifs is 1. The van der Waals surface area contributed by atoms with E-state index in [-0.39, 0.29) is 26.2 Å². The highest BCUT2D eigenvalue weighted by atomic mass is 35.5. The normalized spacial score (nSPS) is 11.5. The van der Waals surface area contributed by atoms with E-state index in [4.69, 9.17) is 23.2 Å². The summed E-state index contributed by atoms with van der Waals surface area (Å²) in [4.78, 5) is 12.6. The zero-order valence-electron chi connectivity index (χ0n) is 18.4. The molecule has 9 nitrogen and oxygen atoms in total. The average molecular weight is 537 g/mol. The van der Waals surface area contributed by atoms with Crippen LogP contribution in [0.4, 0.5) is 21.8 Å². The number of aliphatic hydroxyl groups is 1. The molecule has 35 heavy (non-hydrogen) atoms. The third-order valence-corrected chi connectivity index (χ3v) is 7.21. The van der Waals surface area contributed by atoms with Gasteiger partial charge in [-0.1, -0.05) is 23.2 Å². The minimum absolute atomic E-state index is 0.0504. The molecule has 2 aromatic carbocycles. The van der Waals surface area contributed by atoms with Gasteiger partial charge in [0.05, 0.1) is 17.3 Å².